The number of nitrogens with two attached hydrogens (primary N) is 1. The molecule has 2 aromatic rings. The molecule has 5 nitrogen and oxygen atoms in total. The van der Waals surface area contributed by atoms with Gasteiger partial charge in [-0.25, -0.2) is 9.67 Å². The summed E-state index contributed by atoms with van der Waals surface area (Å²) in [6.07, 6.45) is 1.52. The van der Waals surface area contributed by atoms with Gasteiger partial charge in [0.05, 0.1) is 5.69 Å². The van der Waals surface area contributed by atoms with Crippen LogP contribution in [0.1, 0.15) is 5.56 Å². The monoisotopic (exact) mass is 236 g/mol. The number of phenols is 1. The van der Waals surface area contributed by atoms with Crippen molar-refractivity contribution in [2.75, 3.05) is 5.73 Å². The number of hydrogen-bond acceptors (Lipinski definition) is 5. The second kappa shape index (κ2) is 4.44. The summed E-state index contributed by atoms with van der Waals surface area (Å²) in [5.41, 5.74) is 7.05. The summed E-state index contributed by atoms with van der Waals surface area (Å²) in [6.45, 7) is 0. The van der Waals surface area contributed by atoms with Crippen molar-refractivity contribution in [2.24, 2.45) is 7.05 Å². The third-order valence-electron chi connectivity index (χ3n) is 2.13. The van der Waals surface area contributed by atoms with E-state index in [4.69, 9.17) is 5.73 Å². The molecule has 6 heteroatoms. The first-order valence-electron chi connectivity index (χ1n) is 4.71. The molecule has 84 valence electrons. The predicted molar refractivity (Wildman–Crippen MR) is 63.1 cm³/mol. The Hall–Kier alpha value is -1.69. The van der Waals surface area contributed by atoms with E-state index in [-0.39, 0.29) is 5.75 Å². The van der Waals surface area contributed by atoms with Gasteiger partial charge >= 0.3 is 0 Å². The van der Waals surface area contributed by atoms with Crippen LogP contribution in [0.3, 0.4) is 0 Å². The molecule has 3 N–H and O–H groups in total. The van der Waals surface area contributed by atoms with Gasteiger partial charge < -0.3 is 10.8 Å². The largest absolute Gasteiger partial charge is 0.506 e. The van der Waals surface area contributed by atoms with E-state index < -0.39 is 0 Å². The van der Waals surface area contributed by atoms with Crippen molar-refractivity contribution in [2.45, 2.75) is 10.9 Å². The SMILES string of the molecule is Cn1ncnc1SCc1ccc(O)c(N)c1. The highest BCUT2D eigenvalue weighted by Crippen LogP contribution is 2.25. The van der Waals surface area contributed by atoms with Crippen LogP contribution >= 0.6 is 11.8 Å². The zero-order valence-electron chi connectivity index (χ0n) is 8.79. The van der Waals surface area contributed by atoms with Crippen LogP contribution in [0.25, 0.3) is 0 Å². The van der Waals surface area contributed by atoms with Crippen LogP contribution in [0.2, 0.25) is 0 Å². The standard InChI is InChI=1S/C10H12N4OS/c1-14-10(12-6-13-14)16-5-7-2-3-9(15)8(11)4-7/h2-4,6,15H,5,11H2,1H3. The van der Waals surface area contributed by atoms with E-state index in [1.165, 1.54) is 6.33 Å². The number of aromatic hydroxyl groups is 1. The lowest BCUT2D eigenvalue weighted by Gasteiger charge is -2.03. The molecule has 2 rings (SSSR count). The number of benzene rings is 1. The fourth-order valence-electron chi connectivity index (χ4n) is 1.26. The van der Waals surface area contributed by atoms with Gasteiger partial charge in [0, 0.05) is 12.8 Å². The highest BCUT2D eigenvalue weighted by Gasteiger charge is 2.03. The minimum atomic E-state index is 0.118. The number of anilines is 1. The Morgan fingerprint density at radius 1 is 1.50 bits per heavy atom. The summed E-state index contributed by atoms with van der Waals surface area (Å²) in [7, 11) is 1.85. The van der Waals surface area contributed by atoms with Gasteiger partial charge in [0.1, 0.15) is 12.1 Å². The van der Waals surface area contributed by atoms with Crippen molar-refractivity contribution in [3.05, 3.63) is 30.1 Å². The molecular formula is C10H12N4OS. The molecule has 1 heterocycles. The van der Waals surface area contributed by atoms with Gasteiger partial charge in [-0.15, -0.1) is 0 Å². The van der Waals surface area contributed by atoms with Crippen molar-refractivity contribution in [3.8, 4) is 5.75 Å². The fourth-order valence-corrected chi connectivity index (χ4v) is 2.09. The van der Waals surface area contributed by atoms with Crippen LogP contribution in [0.4, 0.5) is 5.69 Å². The van der Waals surface area contributed by atoms with Gasteiger partial charge in [-0.1, -0.05) is 17.8 Å². The van der Waals surface area contributed by atoms with Crippen LogP contribution in [0.5, 0.6) is 5.75 Å². The Kier molecular flexibility index (Phi) is 3.00. The van der Waals surface area contributed by atoms with E-state index in [9.17, 15) is 5.11 Å². The van der Waals surface area contributed by atoms with Crippen molar-refractivity contribution >= 4 is 17.4 Å². The highest BCUT2D eigenvalue weighted by molar-refractivity contribution is 7.98. The van der Waals surface area contributed by atoms with Crippen LogP contribution in [0, 0.1) is 0 Å². The Labute approximate surface area is 97.3 Å². The van der Waals surface area contributed by atoms with Crippen LogP contribution in [0.15, 0.2) is 29.7 Å². The summed E-state index contributed by atoms with van der Waals surface area (Å²) in [4.78, 5) is 4.11. The number of thioether (sulfide) groups is 1. The molecular weight excluding hydrogens is 224 g/mol. The van der Waals surface area contributed by atoms with E-state index in [1.54, 1.807) is 28.6 Å². The van der Waals surface area contributed by atoms with E-state index in [0.29, 0.717) is 5.69 Å². The predicted octanol–water partition coefficient (Wildman–Crippen LogP) is 1.40. The van der Waals surface area contributed by atoms with Gasteiger partial charge in [-0.3, -0.25) is 0 Å². The van der Waals surface area contributed by atoms with Crippen LogP contribution in [-0.4, -0.2) is 19.9 Å². The molecule has 16 heavy (non-hydrogen) atoms. The van der Waals surface area contributed by atoms with Crippen molar-refractivity contribution in [3.63, 3.8) is 0 Å². The Balaban J connectivity index is 2.05. The maximum Gasteiger partial charge on any atom is 0.186 e. The second-order valence-electron chi connectivity index (χ2n) is 3.35. The molecule has 1 aromatic carbocycles. The number of aromatic nitrogens is 3. The van der Waals surface area contributed by atoms with Gasteiger partial charge in [0.25, 0.3) is 0 Å². The van der Waals surface area contributed by atoms with E-state index in [1.807, 2.05) is 13.1 Å². The third-order valence-corrected chi connectivity index (χ3v) is 3.24. The summed E-state index contributed by atoms with van der Waals surface area (Å²) in [5, 5.41) is 14.1. The first-order valence-corrected chi connectivity index (χ1v) is 5.69. The second-order valence-corrected chi connectivity index (χ2v) is 4.29. The number of nitrogen functional groups attached to an aromatic ring is 1. The molecule has 0 atom stereocenters. The molecule has 0 bridgehead atoms. The smallest absolute Gasteiger partial charge is 0.186 e. The fraction of sp³-hybridized carbons (Fsp3) is 0.200. The van der Waals surface area contributed by atoms with E-state index >= 15 is 0 Å². The molecule has 0 fully saturated rings. The van der Waals surface area contributed by atoms with Gasteiger partial charge in [-0.05, 0) is 17.7 Å². The molecule has 0 radical (unpaired) electrons. The van der Waals surface area contributed by atoms with Gasteiger partial charge in [-0.2, -0.15) is 5.10 Å². The molecule has 0 aliphatic carbocycles. The lowest BCUT2D eigenvalue weighted by molar-refractivity contribution is 0.478. The summed E-state index contributed by atoms with van der Waals surface area (Å²) in [6, 6.07) is 5.20. The molecule has 0 aliphatic rings. The molecule has 0 saturated carbocycles. The summed E-state index contributed by atoms with van der Waals surface area (Å²) < 4.78 is 1.72. The number of nitrogens with zero attached hydrogens (tertiary/aromatic N) is 3. The number of phenolic OH excluding ortho intramolecular Hbond substituents is 1. The summed E-state index contributed by atoms with van der Waals surface area (Å²) >= 11 is 1.57. The van der Waals surface area contributed by atoms with Crippen molar-refractivity contribution < 1.29 is 5.11 Å². The normalized spacial score (nSPS) is 10.6. The summed E-state index contributed by atoms with van der Waals surface area (Å²) in [5.74, 6) is 0.865. The van der Waals surface area contributed by atoms with E-state index in [0.717, 1.165) is 16.5 Å². The Morgan fingerprint density at radius 2 is 2.31 bits per heavy atom. The number of aryl methyl sites for hydroxylation is 1. The minimum Gasteiger partial charge on any atom is -0.506 e. The molecule has 0 spiro atoms. The van der Waals surface area contributed by atoms with Gasteiger partial charge in [0.15, 0.2) is 5.16 Å². The van der Waals surface area contributed by atoms with Crippen molar-refractivity contribution in [1.82, 2.24) is 14.8 Å². The lowest BCUT2D eigenvalue weighted by Crippen LogP contribution is -1.93. The topological polar surface area (TPSA) is 77.0 Å². The molecule has 0 amide bonds. The average molecular weight is 236 g/mol. The zero-order chi connectivity index (χ0) is 11.5. The Morgan fingerprint density at radius 3 is 2.94 bits per heavy atom. The quantitative estimate of drug-likeness (QED) is 0.478. The third kappa shape index (κ3) is 2.27. The minimum absolute atomic E-state index is 0.118. The zero-order valence-corrected chi connectivity index (χ0v) is 9.61. The van der Waals surface area contributed by atoms with Crippen molar-refractivity contribution in [1.29, 1.82) is 0 Å². The molecule has 0 saturated heterocycles. The lowest BCUT2D eigenvalue weighted by atomic mass is 10.2. The molecule has 0 unspecified atom stereocenters. The highest BCUT2D eigenvalue weighted by atomic mass is 32.2. The van der Waals surface area contributed by atoms with Crippen LogP contribution < -0.4 is 5.73 Å². The number of hydrogen-bond donors (Lipinski definition) is 2. The first-order chi connectivity index (χ1) is 7.66. The first kappa shape index (κ1) is 10.8. The molecule has 1 aromatic heterocycles. The maximum atomic E-state index is 9.28. The number of rotatable bonds is 3. The average Bonchev–Trinajstić information content (AvgIpc) is 2.66. The Bertz CT molecular complexity index is 497. The van der Waals surface area contributed by atoms with Crippen LogP contribution in [-0.2, 0) is 12.8 Å². The maximum absolute atomic E-state index is 9.28. The van der Waals surface area contributed by atoms with E-state index in [2.05, 4.69) is 10.1 Å². The molecule has 0 aliphatic heterocycles. The van der Waals surface area contributed by atoms with Gasteiger partial charge in [0.2, 0.25) is 0 Å².